The third-order valence-corrected chi connectivity index (χ3v) is 3.86. The molecule has 122 valence electrons. The van der Waals surface area contributed by atoms with Gasteiger partial charge >= 0.3 is 6.18 Å². The first-order chi connectivity index (χ1) is 10.7. The molecule has 2 aromatic rings. The molecule has 1 aromatic carbocycles. The maximum Gasteiger partial charge on any atom is 0.433 e. The van der Waals surface area contributed by atoms with Gasteiger partial charge in [0.2, 0.25) is 0 Å². The first kappa shape index (κ1) is 17.3. The molecule has 23 heavy (non-hydrogen) atoms. The summed E-state index contributed by atoms with van der Waals surface area (Å²) in [5.41, 5.74) is -0.276. The van der Waals surface area contributed by atoms with Gasteiger partial charge in [-0.2, -0.15) is 13.2 Å². The van der Waals surface area contributed by atoms with Gasteiger partial charge in [-0.1, -0.05) is 22.0 Å². The number of hydrogen-bond acceptors (Lipinski definition) is 3. The summed E-state index contributed by atoms with van der Waals surface area (Å²) in [5.74, 6) is -0.376. The monoisotopic (exact) mass is 388 g/mol. The van der Waals surface area contributed by atoms with Crippen LogP contribution in [0.2, 0.25) is 0 Å². The summed E-state index contributed by atoms with van der Waals surface area (Å²) < 4.78 is 43.9. The summed E-state index contributed by atoms with van der Waals surface area (Å²) in [6.07, 6.45) is -4.61. The van der Waals surface area contributed by atoms with Crippen molar-refractivity contribution in [1.29, 1.82) is 0 Å². The molecule has 0 fully saturated rings. The van der Waals surface area contributed by atoms with Crippen LogP contribution in [0.15, 0.2) is 34.8 Å². The van der Waals surface area contributed by atoms with E-state index in [9.17, 15) is 18.0 Å². The van der Waals surface area contributed by atoms with Gasteiger partial charge in [-0.3, -0.25) is 4.79 Å². The number of methoxy groups -OCH3 is 1. The van der Waals surface area contributed by atoms with E-state index in [2.05, 4.69) is 26.2 Å². The van der Waals surface area contributed by atoms with Crippen molar-refractivity contribution in [3.63, 3.8) is 0 Å². The van der Waals surface area contributed by atoms with Crippen molar-refractivity contribution in [2.45, 2.75) is 13.1 Å². The summed E-state index contributed by atoms with van der Waals surface area (Å²) in [6.45, 7) is 1.81. The molecule has 8 heteroatoms. The second kappa shape index (κ2) is 6.57. The number of nitrogens with zero attached hydrogens (tertiary/aromatic N) is 1. The number of alkyl halides is 3. The van der Waals surface area contributed by atoms with Crippen LogP contribution >= 0.6 is 15.9 Å². The zero-order chi connectivity index (χ0) is 17.2. The third kappa shape index (κ3) is 4.01. The zero-order valence-corrected chi connectivity index (χ0v) is 13.7. The fourth-order valence-electron chi connectivity index (χ4n) is 1.84. The quantitative estimate of drug-likeness (QED) is 0.845. The molecule has 0 unspecified atom stereocenters. The number of carbonyl (C=O) groups is 1. The Morgan fingerprint density at radius 1 is 1.30 bits per heavy atom. The number of ether oxygens (including phenoxy) is 1. The molecule has 4 nitrogen and oxygen atoms in total. The predicted molar refractivity (Wildman–Crippen MR) is 82.6 cm³/mol. The number of hydrogen-bond donors (Lipinski definition) is 1. The van der Waals surface area contributed by atoms with Crippen molar-refractivity contribution in [2.24, 2.45) is 0 Å². The number of amides is 1. The average molecular weight is 389 g/mol. The number of pyridine rings is 1. The van der Waals surface area contributed by atoms with E-state index in [-0.39, 0.29) is 5.69 Å². The van der Waals surface area contributed by atoms with Gasteiger partial charge in [0.05, 0.1) is 12.8 Å². The Balaban J connectivity index is 2.31. The highest BCUT2D eigenvalue weighted by Gasteiger charge is 2.33. The van der Waals surface area contributed by atoms with E-state index >= 15 is 0 Å². The van der Waals surface area contributed by atoms with Gasteiger partial charge in [0.25, 0.3) is 5.91 Å². The molecule has 1 heterocycles. The molecule has 0 atom stereocenters. The highest BCUT2D eigenvalue weighted by molar-refractivity contribution is 9.10. The Labute approximate surface area is 138 Å². The Morgan fingerprint density at radius 3 is 2.61 bits per heavy atom. The average Bonchev–Trinajstić information content (AvgIpc) is 2.50. The van der Waals surface area contributed by atoms with Crippen molar-refractivity contribution in [3.05, 3.63) is 51.8 Å². The van der Waals surface area contributed by atoms with Crippen molar-refractivity contribution in [2.75, 3.05) is 12.4 Å². The Bertz CT molecular complexity index is 748. The topological polar surface area (TPSA) is 51.2 Å². The van der Waals surface area contributed by atoms with Crippen LogP contribution in [-0.2, 0) is 6.18 Å². The summed E-state index contributed by atoms with van der Waals surface area (Å²) in [7, 11) is 1.43. The minimum Gasteiger partial charge on any atom is -0.495 e. The van der Waals surface area contributed by atoms with Crippen LogP contribution < -0.4 is 10.1 Å². The maximum absolute atomic E-state index is 12.7. The molecule has 0 aliphatic heterocycles. The van der Waals surface area contributed by atoms with Gasteiger partial charge in [-0.25, -0.2) is 4.98 Å². The minimum atomic E-state index is -4.61. The molecule has 1 N–H and O–H groups in total. The number of aryl methyl sites for hydroxylation is 1. The standard InChI is InChI=1S/C15H12BrF3N2O2/c1-8-6-11(12(23-2)7-9(8)16)21-14(22)10-4-3-5-13(20-10)15(17,18)19/h3-7H,1-2H3,(H,21,22). The molecule has 0 spiro atoms. The lowest BCUT2D eigenvalue weighted by Gasteiger charge is -2.13. The van der Waals surface area contributed by atoms with E-state index in [1.54, 1.807) is 12.1 Å². The van der Waals surface area contributed by atoms with Crippen molar-refractivity contribution < 1.29 is 22.7 Å². The number of aromatic nitrogens is 1. The molecular formula is C15H12BrF3N2O2. The highest BCUT2D eigenvalue weighted by atomic mass is 79.9. The van der Waals surface area contributed by atoms with Gasteiger partial charge < -0.3 is 10.1 Å². The van der Waals surface area contributed by atoms with E-state index in [0.717, 1.165) is 22.2 Å². The second-order valence-electron chi connectivity index (χ2n) is 4.66. The SMILES string of the molecule is COc1cc(Br)c(C)cc1NC(=O)c1cccc(C(F)(F)F)n1. The molecule has 0 aliphatic carbocycles. The lowest BCUT2D eigenvalue weighted by atomic mass is 10.2. The van der Waals surface area contributed by atoms with Gasteiger partial charge in [-0.15, -0.1) is 0 Å². The molecule has 1 amide bonds. The van der Waals surface area contributed by atoms with Crippen LogP contribution in [0.3, 0.4) is 0 Å². The number of carbonyl (C=O) groups excluding carboxylic acids is 1. The van der Waals surface area contributed by atoms with Crippen LogP contribution in [-0.4, -0.2) is 18.0 Å². The number of benzene rings is 1. The first-order valence-electron chi connectivity index (χ1n) is 6.42. The van der Waals surface area contributed by atoms with Crippen LogP contribution in [0.5, 0.6) is 5.75 Å². The number of rotatable bonds is 3. The summed E-state index contributed by atoms with van der Waals surface area (Å²) in [4.78, 5) is 15.5. The Kier molecular flexibility index (Phi) is 4.93. The third-order valence-electron chi connectivity index (χ3n) is 3.00. The molecule has 1 aromatic heterocycles. The fourth-order valence-corrected chi connectivity index (χ4v) is 2.16. The van der Waals surface area contributed by atoms with Gasteiger partial charge in [-0.05, 0) is 36.8 Å². The lowest BCUT2D eigenvalue weighted by Crippen LogP contribution is -2.17. The van der Waals surface area contributed by atoms with E-state index in [1.165, 1.54) is 13.2 Å². The van der Waals surface area contributed by atoms with Crippen molar-refractivity contribution in [3.8, 4) is 5.75 Å². The molecular weight excluding hydrogens is 377 g/mol. The van der Waals surface area contributed by atoms with E-state index in [4.69, 9.17) is 4.74 Å². The smallest absolute Gasteiger partial charge is 0.433 e. The minimum absolute atomic E-state index is 0.331. The second-order valence-corrected chi connectivity index (χ2v) is 5.52. The molecule has 0 saturated heterocycles. The van der Waals surface area contributed by atoms with Crippen LogP contribution in [0.1, 0.15) is 21.7 Å². The first-order valence-corrected chi connectivity index (χ1v) is 7.21. The van der Waals surface area contributed by atoms with Crippen molar-refractivity contribution >= 4 is 27.5 Å². The molecule has 0 bridgehead atoms. The number of anilines is 1. The number of halogens is 4. The lowest BCUT2D eigenvalue weighted by molar-refractivity contribution is -0.141. The fraction of sp³-hybridized carbons (Fsp3) is 0.200. The number of nitrogens with one attached hydrogen (secondary N) is 1. The van der Waals surface area contributed by atoms with Crippen LogP contribution in [0, 0.1) is 6.92 Å². The van der Waals surface area contributed by atoms with Crippen molar-refractivity contribution in [1.82, 2.24) is 4.98 Å². The van der Waals surface area contributed by atoms with E-state index in [0.29, 0.717) is 11.4 Å². The summed E-state index contributed by atoms with van der Waals surface area (Å²) >= 11 is 3.33. The van der Waals surface area contributed by atoms with E-state index in [1.807, 2.05) is 6.92 Å². The Hall–Kier alpha value is -2.09. The van der Waals surface area contributed by atoms with E-state index < -0.39 is 17.8 Å². The highest BCUT2D eigenvalue weighted by Crippen LogP contribution is 2.32. The Morgan fingerprint density at radius 2 is 2.00 bits per heavy atom. The normalized spacial score (nSPS) is 11.2. The molecule has 0 radical (unpaired) electrons. The van der Waals surface area contributed by atoms with Crippen LogP contribution in [0.25, 0.3) is 0 Å². The van der Waals surface area contributed by atoms with Crippen LogP contribution in [0.4, 0.5) is 18.9 Å². The largest absolute Gasteiger partial charge is 0.495 e. The zero-order valence-electron chi connectivity index (χ0n) is 12.2. The molecule has 0 aliphatic rings. The van der Waals surface area contributed by atoms with Gasteiger partial charge in [0.15, 0.2) is 0 Å². The molecule has 2 rings (SSSR count). The molecule has 0 saturated carbocycles. The van der Waals surface area contributed by atoms with Gasteiger partial charge in [0.1, 0.15) is 17.1 Å². The predicted octanol–water partition coefficient (Wildman–Crippen LogP) is 4.43. The maximum atomic E-state index is 12.7. The summed E-state index contributed by atoms with van der Waals surface area (Å²) in [5, 5.41) is 2.51. The summed E-state index contributed by atoms with van der Waals surface area (Å²) in [6, 6.07) is 6.46. The van der Waals surface area contributed by atoms with Gasteiger partial charge in [0, 0.05) is 4.47 Å².